The zero-order chi connectivity index (χ0) is 19.8. The van der Waals surface area contributed by atoms with Crippen molar-refractivity contribution in [2.45, 2.75) is 19.0 Å². The quantitative estimate of drug-likeness (QED) is 0.628. The van der Waals surface area contributed by atoms with E-state index < -0.39 is 23.3 Å². The molecule has 140 valence electrons. The van der Waals surface area contributed by atoms with E-state index in [9.17, 15) is 18.8 Å². The van der Waals surface area contributed by atoms with Gasteiger partial charge >= 0.3 is 6.03 Å². The fourth-order valence-electron chi connectivity index (χ4n) is 3.08. The Kier molecular flexibility index (Phi) is 4.89. The molecule has 0 bridgehead atoms. The second-order valence-corrected chi connectivity index (χ2v) is 6.67. The Morgan fingerprint density at radius 1 is 1.26 bits per heavy atom. The number of imide groups is 1. The number of ether oxygens (including phenoxy) is 1. The number of rotatable bonds is 5. The minimum absolute atomic E-state index is 0.0357. The highest BCUT2D eigenvalue weighted by Gasteiger charge is 2.50. The van der Waals surface area contributed by atoms with Crippen LogP contribution in [0.5, 0.6) is 5.75 Å². The number of hydrogen-bond donors (Lipinski definition) is 1. The molecule has 6 nitrogen and oxygen atoms in total. The topological polar surface area (TPSA) is 75.7 Å². The van der Waals surface area contributed by atoms with Crippen LogP contribution >= 0.6 is 11.6 Å². The first-order valence-corrected chi connectivity index (χ1v) is 8.39. The van der Waals surface area contributed by atoms with E-state index in [1.54, 1.807) is 18.2 Å². The van der Waals surface area contributed by atoms with Gasteiger partial charge in [0.1, 0.15) is 23.4 Å². The second-order valence-electron chi connectivity index (χ2n) is 6.26. The first-order valence-electron chi connectivity index (χ1n) is 8.02. The first-order chi connectivity index (χ1) is 12.8. The lowest BCUT2D eigenvalue weighted by molar-refractivity contribution is -0.131. The second kappa shape index (κ2) is 7.00. The molecule has 1 saturated heterocycles. The predicted octanol–water partition coefficient (Wildman–Crippen LogP) is 3.27. The van der Waals surface area contributed by atoms with Gasteiger partial charge in [-0.3, -0.25) is 14.5 Å². The maximum Gasteiger partial charge on any atom is 0.325 e. The van der Waals surface area contributed by atoms with Crippen LogP contribution in [0.4, 0.5) is 9.18 Å². The minimum Gasteiger partial charge on any atom is -0.496 e. The number of urea groups is 1. The molecule has 0 saturated carbocycles. The fourth-order valence-corrected chi connectivity index (χ4v) is 3.44. The van der Waals surface area contributed by atoms with Crippen LogP contribution in [-0.2, 0) is 16.9 Å². The molecule has 2 aromatic rings. The number of nitrogens with zero attached hydrogens (tertiary/aromatic N) is 1. The van der Waals surface area contributed by atoms with Crippen molar-refractivity contribution >= 4 is 29.8 Å². The molecule has 1 fully saturated rings. The Bertz CT molecular complexity index is 949. The molecule has 0 spiro atoms. The summed E-state index contributed by atoms with van der Waals surface area (Å²) in [6.07, 6.45) is 0.664. The average molecular weight is 391 g/mol. The summed E-state index contributed by atoms with van der Waals surface area (Å²) in [4.78, 5) is 37.5. The van der Waals surface area contributed by atoms with Gasteiger partial charge in [-0.05, 0) is 37.3 Å². The molecular weight excluding hydrogens is 375 g/mol. The average Bonchev–Trinajstić information content (AvgIpc) is 2.85. The third kappa shape index (κ3) is 3.26. The summed E-state index contributed by atoms with van der Waals surface area (Å²) in [5.41, 5.74) is -0.251. The molecule has 27 heavy (non-hydrogen) atoms. The van der Waals surface area contributed by atoms with Gasteiger partial charge < -0.3 is 10.1 Å². The Labute approximate surface area is 159 Å². The molecule has 1 atom stereocenters. The van der Waals surface area contributed by atoms with Gasteiger partial charge in [0.15, 0.2) is 0 Å². The Morgan fingerprint density at radius 2 is 2.00 bits per heavy atom. The van der Waals surface area contributed by atoms with Gasteiger partial charge in [-0.25, -0.2) is 9.18 Å². The van der Waals surface area contributed by atoms with E-state index >= 15 is 0 Å². The minimum atomic E-state index is -1.43. The molecule has 0 radical (unpaired) electrons. The van der Waals surface area contributed by atoms with E-state index in [2.05, 4.69) is 5.32 Å². The van der Waals surface area contributed by atoms with Gasteiger partial charge in [-0.15, -0.1) is 0 Å². The van der Waals surface area contributed by atoms with Crippen LogP contribution < -0.4 is 10.1 Å². The van der Waals surface area contributed by atoms with Gasteiger partial charge in [0.25, 0.3) is 5.91 Å². The summed E-state index contributed by atoms with van der Waals surface area (Å²) in [5, 5.41) is 2.65. The van der Waals surface area contributed by atoms with E-state index in [0.29, 0.717) is 28.7 Å². The lowest BCUT2D eigenvalue weighted by Gasteiger charge is -2.23. The fraction of sp³-hybridized carbons (Fsp3) is 0.211. The third-order valence-electron chi connectivity index (χ3n) is 4.51. The number of halogens is 2. The molecular formula is C19H16ClFN2O4. The molecule has 1 aliphatic heterocycles. The smallest absolute Gasteiger partial charge is 0.325 e. The van der Waals surface area contributed by atoms with Crippen molar-refractivity contribution in [3.63, 3.8) is 0 Å². The van der Waals surface area contributed by atoms with Crippen LogP contribution in [-0.4, -0.2) is 30.2 Å². The van der Waals surface area contributed by atoms with E-state index in [-0.39, 0.29) is 11.6 Å². The number of carbonyl (C=O) groups excluding carboxylic acids is 3. The molecule has 0 aliphatic carbocycles. The molecule has 3 amide bonds. The number of hydrogen-bond acceptors (Lipinski definition) is 4. The standard InChI is InChI=1S/C19H16ClFN2O4/c1-19(14-5-4-13(21)8-15(14)20)17(25)23(18(26)22-19)9-12-7-11(10-24)3-6-16(12)27-2/h3-8,10H,9H2,1-2H3,(H,22,26). The van der Waals surface area contributed by atoms with Crippen molar-refractivity contribution in [3.8, 4) is 5.75 Å². The van der Waals surface area contributed by atoms with Crippen molar-refractivity contribution in [1.29, 1.82) is 0 Å². The molecule has 8 heteroatoms. The SMILES string of the molecule is COc1ccc(C=O)cc1CN1C(=O)NC(C)(c2ccc(F)cc2Cl)C1=O. The number of aldehydes is 1. The van der Waals surface area contributed by atoms with Crippen molar-refractivity contribution in [1.82, 2.24) is 10.2 Å². The summed E-state index contributed by atoms with van der Waals surface area (Å²) >= 11 is 6.09. The van der Waals surface area contributed by atoms with E-state index in [4.69, 9.17) is 16.3 Å². The van der Waals surface area contributed by atoms with Crippen molar-refractivity contribution in [2.75, 3.05) is 7.11 Å². The highest BCUT2D eigenvalue weighted by atomic mass is 35.5. The lowest BCUT2D eigenvalue weighted by atomic mass is 9.92. The summed E-state index contributed by atoms with van der Waals surface area (Å²) in [6, 6.07) is 7.71. The van der Waals surface area contributed by atoms with E-state index in [0.717, 1.165) is 11.0 Å². The molecule has 1 aliphatic rings. The maximum atomic E-state index is 13.3. The zero-order valence-corrected chi connectivity index (χ0v) is 15.3. The number of benzene rings is 2. The molecule has 0 aromatic heterocycles. The van der Waals surface area contributed by atoms with Crippen molar-refractivity contribution < 1.29 is 23.5 Å². The van der Waals surface area contributed by atoms with E-state index in [1.807, 2.05) is 0 Å². The Hall–Kier alpha value is -2.93. The summed E-state index contributed by atoms with van der Waals surface area (Å²) in [5.74, 6) is -0.648. The van der Waals surface area contributed by atoms with Gasteiger partial charge in [-0.1, -0.05) is 17.7 Å². The van der Waals surface area contributed by atoms with Crippen molar-refractivity contribution in [3.05, 3.63) is 63.9 Å². The molecule has 1 unspecified atom stereocenters. The number of carbonyl (C=O) groups is 3. The highest BCUT2D eigenvalue weighted by molar-refractivity contribution is 6.32. The van der Waals surface area contributed by atoms with Crippen LogP contribution in [0, 0.1) is 5.82 Å². The Morgan fingerprint density at radius 3 is 2.63 bits per heavy atom. The highest BCUT2D eigenvalue weighted by Crippen LogP contribution is 2.35. The van der Waals surface area contributed by atoms with Crippen LogP contribution in [0.25, 0.3) is 0 Å². The summed E-state index contributed by atoms with van der Waals surface area (Å²) in [6.45, 7) is 1.41. The van der Waals surface area contributed by atoms with Crippen LogP contribution in [0.1, 0.15) is 28.4 Å². The monoisotopic (exact) mass is 390 g/mol. The number of amides is 3. The Balaban J connectivity index is 1.96. The molecule has 2 aromatic carbocycles. The zero-order valence-electron chi connectivity index (χ0n) is 14.6. The van der Waals surface area contributed by atoms with Crippen LogP contribution in [0.3, 0.4) is 0 Å². The summed E-state index contributed by atoms with van der Waals surface area (Å²) < 4.78 is 18.6. The molecule has 1 N–H and O–H groups in total. The number of nitrogens with one attached hydrogen (secondary N) is 1. The van der Waals surface area contributed by atoms with Gasteiger partial charge in [0.2, 0.25) is 0 Å². The van der Waals surface area contributed by atoms with Crippen LogP contribution in [0.2, 0.25) is 5.02 Å². The lowest BCUT2D eigenvalue weighted by Crippen LogP contribution is -2.41. The van der Waals surface area contributed by atoms with Gasteiger partial charge in [0.05, 0.1) is 13.7 Å². The maximum absolute atomic E-state index is 13.3. The van der Waals surface area contributed by atoms with Crippen molar-refractivity contribution in [2.24, 2.45) is 0 Å². The third-order valence-corrected chi connectivity index (χ3v) is 4.83. The summed E-state index contributed by atoms with van der Waals surface area (Å²) in [7, 11) is 1.45. The molecule has 1 heterocycles. The molecule has 3 rings (SSSR count). The largest absolute Gasteiger partial charge is 0.496 e. The van der Waals surface area contributed by atoms with Gasteiger partial charge in [-0.2, -0.15) is 0 Å². The predicted molar refractivity (Wildman–Crippen MR) is 96.2 cm³/mol. The van der Waals surface area contributed by atoms with Gasteiger partial charge in [0, 0.05) is 21.7 Å². The number of methoxy groups -OCH3 is 1. The normalized spacial score (nSPS) is 19.2. The first kappa shape index (κ1) is 18.8. The van der Waals surface area contributed by atoms with Crippen LogP contribution in [0.15, 0.2) is 36.4 Å². The van der Waals surface area contributed by atoms with E-state index in [1.165, 1.54) is 26.2 Å².